The average Bonchev–Trinajstić information content (AvgIpc) is 4.25. The highest BCUT2D eigenvalue weighted by Crippen LogP contribution is 2.45. The Kier molecular flexibility index (Phi) is 9.40. The van der Waals surface area contributed by atoms with Crippen molar-refractivity contribution in [3.63, 3.8) is 0 Å². The Morgan fingerprint density at radius 2 is 0.868 bits per heavy atom. The van der Waals surface area contributed by atoms with Crippen LogP contribution >= 0.6 is 11.3 Å². The predicted octanol–water partition coefficient (Wildman–Crippen LogP) is 18.7. The highest BCUT2D eigenvalue weighted by atomic mass is 32.1. The van der Waals surface area contributed by atoms with Gasteiger partial charge in [-0.15, -0.1) is 11.3 Å². The Morgan fingerprint density at radius 1 is 0.316 bits per heavy atom. The largest absolute Gasteiger partial charge is 0.456 e. The number of thiophene rings is 1. The number of rotatable bonds is 7. The van der Waals surface area contributed by atoms with Gasteiger partial charge in [-0.3, -0.25) is 0 Å². The predicted molar refractivity (Wildman–Crippen MR) is 316 cm³/mol. The molecule has 0 radical (unpaired) electrons. The maximum absolute atomic E-state index is 6.32. The molecule has 16 aromatic rings. The van der Waals surface area contributed by atoms with Crippen LogP contribution in [0, 0.1) is 0 Å². The number of furan rings is 1. The van der Waals surface area contributed by atoms with Crippen LogP contribution in [0.1, 0.15) is 0 Å². The van der Waals surface area contributed by atoms with Crippen molar-refractivity contribution in [2.75, 3.05) is 0 Å². The molecule has 0 atom stereocenters. The van der Waals surface area contributed by atoms with Crippen LogP contribution in [0.25, 0.3) is 154 Å². The van der Waals surface area contributed by atoms with Gasteiger partial charge in [0.05, 0.1) is 27.8 Å². The van der Waals surface area contributed by atoms with Crippen molar-refractivity contribution in [1.82, 2.24) is 24.1 Å². The van der Waals surface area contributed by atoms with Gasteiger partial charge in [0, 0.05) is 80.4 Å². The van der Waals surface area contributed by atoms with Crippen molar-refractivity contribution in [1.29, 1.82) is 0 Å². The van der Waals surface area contributed by atoms with Gasteiger partial charge in [0.1, 0.15) is 11.2 Å². The summed E-state index contributed by atoms with van der Waals surface area (Å²) in [7, 11) is 0. The molecular formula is C69H41N5OS. The van der Waals surface area contributed by atoms with Crippen molar-refractivity contribution in [2.24, 2.45) is 0 Å². The van der Waals surface area contributed by atoms with Crippen LogP contribution in [0.5, 0.6) is 0 Å². The van der Waals surface area contributed by atoms with E-state index in [4.69, 9.17) is 19.4 Å². The summed E-state index contributed by atoms with van der Waals surface area (Å²) < 4.78 is 13.7. The highest BCUT2D eigenvalue weighted by Gasteiger charge is 2.25. The molecule has 0 aliphatic rings. The second kappa shape index (κ2) is 16.8. The SMILES string of the molecule is c1ccc(-c2c(-c3ccc4oc5ccccc5c4c3)cccc2-c2nc(-c3ccc4sc5ccccc5c4c3)nc(-c3cccc4c5ccccc5n(-c5cccc6c7ccccc7n(-c7ccccc7)c56)c34)n2)cc1. The van der Waals surface area contributed by atoms with Crippen molar-refractivity contribution in [3.8, 4) is 67.8 Å². The summed E-state index contributed by atoms with van der Waals surface area (Å²) >= 11 is 1.81. The van der Waals surface area contributed by atoms with Gasteiger partial charge in [-0.05, 0) is 95.6 Å². The zero-order valence-corrected chi connectivity index (χ0v) is 41.5. The fourth-order valence-corrected chi connectivity index (χ4v) is 13.0. The van der Waals surface area contributed by atoms with E-state index >= 15 is 0 Å². The molecule has 0 aliphatic heterocycles. The summed E-state index contributed by atoms with van der Waals surface area (Å²) in [5.74, 6) is 1.76. The summed E-state index contributed by atoms with van der Waals surface area (Å²) in [6.45, 7) is 0. The second-order valence-electron chi connectivity index (χ2n) is 19.4. The molecular weight excluding hydrogens is 947 g/mol. The first-order chi connectivity index (χ1) is 37.7. The number of nitrogens with zero attached hydrogens (tertiary/aromatic N) is 5. The summed E-state index contributed by atoms with van der Waals surface area (Å²) in [6.07, 6.45) is 0. The molecule has 354 valence electrons. The molecule has 11 aromatic carbocycles. The zero-order chi connectivity index (χ0) is 49.8. The first kappa shape index (κ1) is 42.5. The van der Waals surface area contributed by atoms with Gasteiger partial charge in [0.25, 0.3) is 0 Å². The Labute approximate surface area is 439 Å². The van der Waals surface area contributed by atoms with Crippen molar-refractivity contribution in [2.45, 2.75) is 0 Å². The fraction of sp³-hybridized carbons (Fsp3) is 0. The number of hydrogen-bond donors (Lipinski definition) is 0. The minimum atomic E-state index is 0.580. The number of benzene rings is 11. The topological polar surface area (TPSA) is 61.7 Å². The van der Waals surface area contributed by atoms with E-state index in [1.54, 1.807) is 11.3 Å². The second-order valence-corrected chi connectivity index (χ2v) is 20.5. The lowest BCUT2D eigenvalue weighted by Gasteiger charge is -2.17. The number of aromatic nitrogens is 5. The van der Waals surface area contributed by atoms with E-state index in [2.05, 4.69) is 246 Å². The Hall–Kier alpha value is -9.95. The van der Waals surface area contributed by atoms with Crippen molar-refractivity contribution in [3.05, 3.63) is 249 Å². The number of fused-ring (bicyclic) bond motifs is 12. The fourth-order valence-electron chi connectivity index (χ4n) is 11.9. The average molecular weight is 988 g/mol. The quantitative estimate of drug-likeness (QED) is 0.160. The van der Waals surface area contributed by atoms with Gasteiger partial charge in [0.2, 0.25) is 0 Å². The Bertz CT molecular complexity index is 5010. The summed E-state index contributed by atoms with van der Waals surface area (Å²) in [4.78, 5) is 16.8. The van der Waals surface area contributed by atoms with Gasteiger partial charge in [-0.25, -0.2) is 15.0 Å². The molecule has 7 heteroatoms. The number of para-hydroxylation sites is 6. The zero-order valence-electron chi connectivity index (χ0n) is 40.7. The minimum Gasteiger partial charge on any atom is -0.456 e. The van der Waals surface area contributed by atoms with Crippen molar-refractivity contribution >= 4 is 97.1 Å². The van der Waals surface area contributed by atoms with Crippen LogP contribution in [-0.2, 0) is 0 Å². The molecule has 0 aliphatic carbocycles. The Balaban J connectivity index is 0.996. The van der Waals surface area contributed by atoms with E-state index in [9.17, 15) is 0 Å². The van der Waals surface area contributed by atoms with Gasteiger partial charge >= 0.3 is 0 Å². The van der Waals surface area contributed by atoms with E-state index in [1.807, 2.05) is 12.1 Å². The molecule has 0 spiro atoms. The molecule has 76 heavy (non-hydrogen) atoms. The minimum absolute atomic E-state index is 0.580. The normalized spacial score (nSPS) is 11.9. The first-order valence-electron chi connectivity index (χ1n) is 25.6. The van der Waals surface area contributed by atoms with Gasteiger partial charge < -0.3 is 13.6 Å². The van der Waals surface area contributed by atoms with E-state index < -0.39 is 0 Å². The van der Waals surface area contributed by atoms with Crippen LogP contribution < -0.4 is 0 Å². The van der Waals surface area contributed by atoms with Crippen molar-refractivity contribution < 1.29 is 4.42 Å². The van der Waals surface area contributed by atoms with E-state index in [0.29, 0.717) is 17.5 Å². The molecule has 16 rings (SSSR count). The first-order valence-corrected chi connectivity index (χ1v) is 26.4. The monoisotopic (exact) mass is 987 g/mol. The van der Waals surface area contributed by atoms with Gasteiger partial charge in [0.15, 0.2) is 17.5 Å². The van der Waals surface area contributed by atoms with Crippen LogP contribution in [0.15, 0.2) is 253 Å². The van der Waals surface area contributed by atoms with Crippen LogP contribution in [0.3, 0.4) is 0 Å². The molecule has 0 amide bonds. The third-order valence-corrected chi connectivity index (χ3v) is 16.3. The standard InChI is InChI=1S/C69H41N5OS/c1-3-18-42(19-4-1)64-46(43-36-38-61-55(40-43)49-24-9-13-34-60(49)75-61)26-15-29-53(64)68-70-67(44-37-39-63-56(41-44)50-25-10-14-35-62(50)76-63)71-69(72-68)54-30-16-27-51-47-22-8-12-32-58(47)74(65(51)54)59-33-17-28-52-48-23-7-11-31-57(48)73(66(52)59)45-20-5-2-6-21-45/h1-41H. The van der Waals surface area contributed by atoms with Gasteiger partial charge in [-0.1, -0.05) is 170 Å². The molecule has 0 N–H and O–H groups in total. The highest BCUT2D eigenvalue weighted by molar-refractivity contribution is 7.25. The van der Waals surface area contributed by atoms with Gasteiger partial charge in [-0.2, -0.15) is 0 Å². The van der Waals surface area contributed by atoms with E-state index in [1.165, 1.54) is 30.9 Å². The van der Waals surface area contributed by atoms with E-state index in [0.717, 1.165) is 105 Å². The smallest absolute Gasteiger partial charge is 0.166 e. The molecule has 0 saturated heterocycles. The third-order valence-electron chi connectivity index (χ3n) is 15.2. The lowest BCUT2D eigenvalue weighted by molar-refractivity contribution is 0.669. The van der Waals surface area contributed by atoms with Crippen LogP contribution in [0.4, 0.5) is 0 Å². The molecule has 0 bridgehead atoms. The summed E-state index contributed by atoms with van der Waals surface area (Å²) in [6, 6.07) is 88.6. The maximum atomic E-state index is 6.32. The lowest BCUT2D eigenvalue weighted by Crippen LogP contribution is -2.04. The number of hydrogen-bond acceptors (Lipinski definition) is 5. The van der Waals surface area contributed by atoms with Crippen LogP contribution in [-0.4, -0.2) is 24.1 Å². The molecule has 0 fully saturated rings. The Morgan fingerprint density at radius 3 is 1.68 bits per heavy atom. The molecule has 5 heterocycles. The lowest BCUT2D eigenvalue weighted by atomic mass is 9.89. The summed E-state index contributed by atoms with van der Waals surface area (Å²) in [5.41, 5.74) is 15.2. The molecule has 0 saturated carbocycles. The maximum Gasteiger partial charge on any atom is 0.166 e. The third kappa shape index (κ3) is 6.49. The summed E-state index contributed by atoms with van der Waals surface area (Å²) in [5, 5.41) is 9.18. The van der Waals surface area contributed by atoms with Crippen LogP contribution in [0.2, 0.25) is 0 Å². The molecule has 0 unspecified atom stereocenters. The molecule has 6 nitrogen and oxygen atoms in total. The van der Waals surface area contributed by atoms with E-state index in [-0.39, 0.29) is 0 Å². The molecule has 5 aromatic heterocycles.